The summed E-state index contributed by atoms with van der Waals surface area (Å²) in [7, 11) is 0. The van der Waals surface area contributed by atoms with Gasteiger partial charge in [0.2, 0.25) is 5.91 Å². The van der Waals surface area contributed by atoms with Crippen molar-refractivity contribution < 1.29 is 14.4 Å². The maximum atomic E-state index is 12.4. The van der Waals surface area contributed by atoms with E-state index in [-0.39, 0.29) is 30.4 Å². The van der Waals surface area contributed by atoms with Crippen LogP contribution in [0.3, 0.4) is 0 Å². The predicted octanol–water partition coefficient (Wildman–Crippen LogP) is 2.09. The monoisotopic (exact) mass is 357 g/mol. The molecule has 25 heavy (non-hydrogen) atoms. The van der Waals surface area contributed by atoms with Crippen molar-refractivity contribution in [2.75, 3.05) is 26.2 Å². The summed E-state index contributed by atoms with van der Waals surface area (Å²) < 4.78 is 0. The largest absolute Gasteiger partial charge is 0.339 e. The number of hydrogen-bond donors (Lipinski definition) is 0. The van der Waals surface area contributed by atoms with Gasteiger partial charge in [-0.05, 0) is 23.6 Å². The lowest BCUT2D eigenvalue weighted by Gasteiger charge is -2.34. The van der Waals surface area contributed by atoms with Gasteiger partial charge in [0.05, 0.1) is 10.4 Å². The number of rotatable bonds is 5. The number of pyridine rings is 1. The molecule has 0 bridgehead atoms. The molecule has 3 rings (SSSR count). The van der Waals surface area contributed by atoms with Gasteiger partial charge in [-0.25, -0.2) is 0 Å². The van der Waals surface area contributed by atoms with E-state index < -0.39 is 0 Å². The Morgan fingerprint density at radius 2 is 1.76 bits per heavy atom. The van der Waals surface area contributed by atoms with Crippen LogP contribution in [-0.2, 0) is 4.79 Å². The molecule has 0 N–H and O–H groups in total. The van der Waals surface area contributed by atoms with Gasteiger partial charge in [0.25, 0.3) is 5.91 Å². The van der Waals surface area contributed by atoms with Crippen molar-refractivity contribution in [2.24, 2.45) is 0 Å². The van der Waals surface area contributed by atoms with Crippen molar-refractivity contribution >= 4 is 28.9 Å². The van der Waals surface area contributed by atoms with Gasteiger partial charge in [-0.3, -0.25) is 19.4 Å². The molecule has 3 heterocycles. The van der Waals surface area contributed by atoms with Crippen LogP contribution in [0.5, 0.6) is 0 Å². The van der Waals surface area contributed by atoms with E-state index in [1.807, 2.05) is 11.4 Å². The zero-order valence-electron chi connectivity index (χ0n) is 13.8. The molecule has 1 fully saturated rings. The highest BCUT2D eigenvalue weighted by Crippen LogP contribution is 2.14. The Hall–Kier alpha value is -2.54. The molecule has 1 saturated heterocycles. The molecule has 2 aromatic heterocycles. The Morgan fingerprint density at radius 1 is 1.00 bits per heavy atom. The first-order chi connectivity index (χ1) is 12.1. The lowest BCUT2D eigenvalue weighted by atomic mass is 10.1. The number of aromatic nitrogens is 1. The fourth-order valence-electron chi connectivity index (χ4n) is 2.77. The first kappa shape index (κ1) is 17.3. The number of nitrogens with zero attached hydrogens (tertiary/aromatic N) is 3. The van der Waals surface area contributed by atoms with E-state index in [9.17, 15) is 14.4 Å². The normalized spacial score (nSPS) is 14.4. The molecule has 2 aromatic rings. The second kappa shape index (κ2) is 8.02. The minimum Gasteiger partial charge on any atom is -0.339 e. The van der Waals surface area contributed by atoms with Crippen LogP contribution in [0.25, 0.3) is 0 Å². The van der Waals surface area contributed by atoms with Gasteiger partial charge in [-0.15, -0.1) is 11.3 Å². The van der Waals surface area contributed by atoms with Gasteiger partial charge in [-0.1, -0.05) is 6.07 Å². The predicted molar refractivity (Wildman–Crippen MR) is 94.6 cm³/mol. The molecule has 2 amide bonds. The van der Waals surface area contributed by atoms with Crippen LogP contribution in [0.15, 0.2) is 42.0 Å². The Kier molecular flexibility index (Phi) is 5.55. The molecule has 6 nitrogen and oxygen atoms in total. The van der Waals surface area contributed by atoms with Crippen molar-refractivity contribution in [1.29, 1.82) is 0 Å². The van der Waals surface area contributed by atoms with Crippen LogP contribution in [0.4, 0.5) is 0 Å². The van der Waals surface area contributed by atoms with Crippen molar-refractivity contribution in [3.8, 4) is 0 Å². The highest BCUT2D eigenvalue weighted by atomic mass is 32.1. The van der Waals surface area contributed by atoms with E-state index >= 15 is 0 Å². The van der Waals surface area contributed by atoms with Crippen LogP contribution in [-0.4, -0.2) is 58.6 Å². The number of carbonyl (C=O) groups excluding carboxylic acids is 3. The topological polar surface area (TPSA) is 70.6 Å². The molecule has 0 atom stereocenters. The second-order valence-corrected chi connectivity index (χ2v) is 6.76. The molecule has 130 valence electrons. The molecule has 0 saturated carbocycles. The smallest absolute Gasteiger partial charge is 0.255 e. The first-order valence-corrected chi connectivity index (χ1v) is 9.07. The molecule has 7 heteroatoms. The van der Waals surface area contributed by atoms with Crippen molar-refractivity contribution in [3.05, 3.63) is 52.5 Å². The van der Waals surface area contributed by atoms with Crippen LogP contribution < -0.4 is 0 Å². The standard InChI is InChI=1S/C18H19N3O3S/c22-15(16-4-2-12-25-16)5-6-17(23)20-8-10-21(11-9-20)18(24)14-3-1-7-19-13-14/h1-4,7,12-13H,5-6,8-11H2. The van der Waals surface area contributed by atoms with Crippen molar-refractivity contribution in [3.63, 3.8) is 0 Å². The van der Waals surface area contributed by atoms with Gasteiger partial charge < -0.3 is 9.80 Å². The van der Waals surface area contributed by atoms with Gasteiger partial charge in [-0.2, -0.15) is 0 Å². The fourth-order valence-corrected chi connectivity index (χ4v) is 3.46. The van der Waals surface area contributed by atoms with E-state index in [4.69, 9.17) is 0 Å². The van der Waals surface area contributed by atoms with Crippen molar-refractivity contribution in [2.45, 2.75) is 12.8 Å². The summed E-state index contributed by atoms with van der Waals surface area (Å²) in [5.74, 6) is -0.0832. The molecule has 0 aliphatic carbocycles. The molecule has 1 aliphatic rings. The first-order valence-electron chi connectivity index (χ1n) is 8.19. The lowest BCUT2D eigenvalue weighted by Crippen LogP contribution is -2.50. The Bertz CT molecular complexity index is 738. The van der Waals surface area contributed by atoms with E-state index in [1.54, 1.807) is 40.4 Å². The molecule has 0 radical (unpaired) electrons. The summed E-state index contributed by atoms with van der Waals surface area (Å²) in [5.41, 5.74) is 0.559. The number of Topliss-reactive ketones (excluding diaryl/α,β-unsaturated/α-hetero) is 1. The van der Waals surface area contributed by atoms with Gasteiger partial charge in [0.15, 0.2) is 5.78 Å². The number of thiophene rings is 1. The summed E-state index contributed by atoms with van der Waals surface area (Å²) in [5, 5.41) is 1.85. The summed E-state index contributed by atoms with van der Waals surface area (Å²) in [4.78, 5) is 44.7. The maximum absolute atomic E-state index is 12.4. The Balaban J connectivity index is 1.46. The van der Waals surface area contributed by atoms with Crippen molar-refractivity contribution in [1.82, 2.24) is 14.8 Å². The fraction of sp³-hybridized carbons (Fsp3) is 0.333. The third-order valence-corrected chi connectivity index (χ3v) is 5.10. The number of ketones is 1. The Morgan fingerprint density at radius 3 is 2.40 bits per heavy atom. The second-order valence-electron chi connectivity index (χ2n) is 5.82. The third-order valence-electron chi connectivity index (χ3n) is 4.19. The highest BCUT2D eigenvalue weighted by Gasteiger charge is 2.25. The zero-order valence-corrected chi connectivity index (χ0v) is 14.6. The highest BCUT2D eigenvalue weighted by molar-refractivity contribution is 7.12. The molecule has 0 unspecified atom stereocenters. The summed E-state index contributed by atoms with van der Waals surface area (Å²) in [6, 6.07) is 7.08. The molecular weight excluding hydrogens is 338 g/mol. The minimum absolute atomic E-state index is 0.00809. The summed E-state index contributed by atoms with van der Waals surface area (Å²) >= 11 is 1.40. The lowest BCUT2D eigenvalue weighted by molar-refractivity contribution is -0.132. The average Bonchev–Trinajstić information content (AvgIpc) is 3.21. The van der Waals surface area contributed by atoms with Crippen LogP contribution in [0, 0.1) is 0 Å². The van der Waals surface area contributed by atoms with Gasteiger partial charge in [0, 0.05) is 51.4 Å². The maximum Gasteiger partial charge on any atom is 0.255 e. The third kappa shape index (κ3) is 4.30. The Labute approximate surface area is 150 Å². The minimum atomic E-state index is -0.0620. The van der Waals surface area contributed by atoms with E-state index in [0.717, 1.165) is 0 Å². The summed E-state index contributed by atoms with van der Waals surface area (Å²) in [6.45, 7) is 1.99. The van der Waals surface area contributed by atoms with Gasteiger partial charge in [0.1, 0.15) is 0 Å². The molecule has 1 aliphatic heterocycles. The molecule has 0 spiro atoms. The summed E-state index contributed by atoms with van der Waals surface area (Å²) in [6.07, 6.45) is 3.63. The zero-order chi connectivity index (χ0) is 17.6. The average molecular weight is 357 g/mol. The number of piperazine rings is 1. The van der Waals surface area contributed by atoms with Gasteiger partial charge >= 0.3 is 0 Å². The van der Waals surface area contributed by atoms with Crippen LogP contribution >= 0.6 is 11.3 Å². The molecular formula is C18H19N3O3S. The van der Waals surface area contributed by atoms with E-state index in [0.29, 0.717) is 36.6 Å². The van der Waals surface area contributed by atoms with Crippen LogP contribution in [0.2, 0.25) is 0 Å². The van der Waals surface area contributed by atoms with Crippen LogP contribution in [0.1, 0.15) is 32.9 Å². The SMILES string of the molecule is O=C(CCC(=O)N1CCN(C(=O)c2cccnc2)CC1)c1cccs1. The number of carbonyl (C=O) groups is 3. The number of amides is 2. The number of hydrogen-bond acceptors (Lipinski definition) is 5. The molecule has 0 aromatic carbocycles. The quantitative estimate of drug-likeness (QED) is 0.768. The van der Waals surface area contributed by atoms with E-state index in [1.165, 1.54) is 11.3 Å². The van der Waals surface area contributed by atoms with E-state index in [2.05, 4.69) is 4.98 Å².